The lowest BCUT2D eigenvalue weighted by Gasteiger charge is -2.31. The average Bonchev–Trinajstić information content (AvgIpc) is 2.80. The Hall–Kier alpha value is -2.96. The van der Waals surface area contributed by atoms with Gasteiger partial charge < -0.3 is 9.47 Å². The van der Waals surface area contributed by atoms with Gasteiger partial charge in [-0.05, 0) is 18.2 Å². The molecule has 218 valence electrons. The topological polar surface area (TPSA) is 52.6 Å². The monoisotopic (exact) mass is 594 g/mol. The predicted octanol–water partition coefficient (Wildman–Crippen LogP) is 6.34. The molecule has 0 saturated carbocycles. The van der Waals surface area contributed by atoms with Crippen molar-refractivity contribution in [1.29, 1.82) is 0 Å². The summed E-state index contributed by atoms with van der Waals surface area (Å²) in [5.74, 6) is -43.1. The Morgan fingerprint density at radius 2 is 0.895 bits per heavy atom. The minimum Gasteiger partial charge on any atom is -0.455 e. The first kappa shape index (κ1) is 33.1. The fourth-order valence-corrected chi connectivity index (χ4v) is 2.20. The largest absolute Gasteiger partial charge is 0.455 e. The molecule has 0 aromatic heterocycles. The Balaban J connectivity index is 2.99. The maximum Gasteiger partial charge on any atom is 0.381 e. The van der Waals surface area contributed by atoms with Gasteiger partial charge >= 0.3 is 60.3 Å². The van der Waals surface area contributed by atoms with Gasteiger partial charge in [-0.15, -0.1) is 0 Å². The van der Waals surface area contributed by atoms with Crippen LogP contribution in [0.2, 0.25) is 0 Å². The smallest absolute Gasteiger partial charge is 0.381 e. The van der Waals surface area contributed by atoms with E-state index in [1.54, 1.807) is 0 Å². The number of rotatable bonds is 12. The summed E-state index contributed by atoms with van der Waals surface area (Å²) in [4.78, 5) is 23.5. The summed E-state index contributed by atoms with van der Waals surface area (Å²) in [6.07, 6.45) is -10.5. The lowest BCUT2D eigenvalue weighted by atomic mass is 10.1. The number of alkyl halides is 16. The summed E-state index contributed by atoms with van der Waals surface area (Å²) in [6.45, 7) is -5.84. The number of ether oxygens (including phenoxy) is 2. The number of carbonyl (C=O) groups is 2. The molecule has 0 heterocycles. The van der Waals surface area contributed by atoms with Crippen LogP contribution in [0.1, 0.15) is 20.7 Å². The van der Waals surface area contributed by atoms with Crippen molar-refractivity contribution in [2.75, 3.05) is 13.2 Å². The molecule has 4 nitrogen and oxygen atoms in total. The molecule has 0 bridgehead atoms. The molecule has 0 saturated heterocycles. The number of benzene rings is 1. The van der Waals surface area contributed by atoms with Crippen molar-refractivity contribution >= 4 is 11.9 Å². The van der Waals surface area contributed by atoms with E-state index >= 15 is 0 Å². The minimum absolute atomic E-state index is 0.179. The van der Waals surface area contributed by atoms with Crippen LogP contribution in [-0.2, 0) is 9.47 Å². The first-order valence-corrected chi connectivity index (χ1v) is 9.14. The highest BCUT2D eigenvalue weighted by Crippen LogP contribution is 2.49. The summed E-state index contributed by atoms with van der Waals surface area (Å²) in [5.41, 5.74) is -2.22. The van der Waals surface area contributed by atoms with E-state index in [4.69, 9.17) is 0 Å². The molecule has 20 heteroatoms. The van der Waals surface area contributed by atoms with E-state index in [2.05, 4.69) is 9.47 Å². The van der Waals surface area contributed by atoms with Crippen molar-refractivity contribution in [2.24, 2.45) is 0 Å². The predicted molar refractivity (Wildman–Crippen MR) is 88.7 cm³/mol. The van der Waals surface area contributed by atoms with Gasteiger partial charge in [0.1, 0.15) is 0 Å². The van der Waals surface area contributed by atoms with Gasteiger partial charge in [0.05, 0.1) is 11.1 Å². The highest BCUT2D eigenvalue weighted by Gasteiger charge is 2.76. The van der Waals surface area contributed by atoms with Crippen LogP contribution in [-0.4, -0.2) is 73.5 Å². The zero-order valence-electron chi connectivity index (χ0n) is 17.6. The van der Waals surface area contributed by atoms with E-state index in [0.29, 0.717) is 18.2 Å². The molecule has 0 spiro atoms. The van der Waals surface area contributed by atoms with E-state index in [9.17, 15) is 79.8 Å². The Kier molecular flexibility index (Phi) is 9.28. The molecular formula is C18H10F16O4. The quantitative estimate of drug-likeness (QED) is 0.210. The molecule has 1 aromatic carbocycles. The summed E-state index contributed by atoms with van der Waals surface area (Å²) in [6, 6.07) is 1.85. The van der Waals surface area contributed by atoms with E-state index in [1.165, 1.54) is 0 Å². The maximum absolute atomic E-state index is 13.4. The molecular weight excluding hydrogens is 584 g/mol. The second-order valence-corrected chi connectivity index (χ2v) is 7.14. The highest BCUT2D eigenvalue weighted by atomic mass is 19.4. The number of hydrogen-bond donors (Lipinski definition) is 0. The third-order valence-corrected chi connectivity index (χ3v) is 4.41. The highest BCUT2D eigenvalue weighted by molar-refractivity contribution is 5.95. The first-order chi connectivity index (χ1) is 16.9. The lowest BCUT2D eigenvalue weighted by molar-refractivity contribution is -0.343. The van der Waals surface area contributed by atoms with E-state index in [1.807, 2.05) is 0 Å². The molecule has 1 rings (SSSR count). The zero-order valence-corrected chi connectivity index (χ0v) is 17.6. The van der Waals surface area contributed by atoms with Crippen LogP contribution < -0.4 is 0 Å². The Morgan fingerprint density at radius 3 is 1.16 bits per heavy atom. The third kappa shape index (κ3) is 6.02. The molecule has 0 N–H and O–H groups in total. The van der Waals surface area contributed by atoms with E-state index < -0.39 is 84.7 Å². The van der Waals surface area contributed by atoms with Crippen LogP contribution in [0.25, 0.3) is 0 Å². The van der Waals surface area contributed by atoms with E-state index in [0.717, 1.165) is 0 Å². The average molecular weight is 594 g/mol. The van der Waals surface area contributed by atoms with Crippen LogP contribution >= 0.6 is 0 Å². The van der Waals surface area contributed by atoms with Crippen molar-refractivity contribution in [1.82, 2.24) is 0 Å². The van der Waals surface area contributed by atoms with Crippen molar-refractivity contribution in [3.8, 4) is 0 Å². The number of halogens is 16. The lowest BCUT2D eigenvalue weighted by Crippen LogP contribution is -2.59. The molecule has 0 aliphatic carbocycles. The molecule has 1 aromatic rings. The van der Waals surface area contributed by atoms with Crippen molar-refractivity contribution in [2.45, 2.75) is 48.4 Å². The van der Waals surface area contributed by atoms with Gasteiger partial charge in [-0.1, -0.05) is 6.07 Å². The molecule has 0 aliphatic heterocycles. The van der Waals surface area contributed by atoms with Gasteiger partial charge in [-0.25, -0.2) is 27.2 Å². The van der Waals surface area contributed by atoms with Gasteiger partial charge in [-0.3, -0.25) is 0 Å². The first-order valence-electron chi connectivity index (χ1n) is 9.14. The Labute approximate surface area is 199 Å². The molecule has 0 atom stereocenters. The molecule has 0 fully saturated rings. The summed E-state index contributed by atoms with van der Waals surface area (Å²) < 4.78 is 213. The van der Waals surface area contributed by atoms with Crippen molar-refractivity contribution in [3.05, 3.63) is 35.4 Å². The number of carbonyl (C=O) groups excluding carboxylic acids is 2. The second-order valence-electron chi connectivity index (χ2n) is 7.14. The second kappa shape index (κ2) is 10.7. The van der Waals surface area contributed by atoms with Crippen molar-refractivity contribution < 1.29 is 89.3 Å². The summed E-state index contributed by atoms with van der Waals surface area (Å²) in [5, 5.41) is 0. The van der Waals surface area contributed by atoms with Gasteiger partial charge in [0, 0.05) is 0 Å². The van der Waals surface area contributed by atoms with Gasteiger partial charge in [-0.2, -0.15) is 52.7 Å². The molecule has 38 heavy (non-hydrogen) atoms. The molecule has 0 unspecified atom stereocenters. The van der Waals surface area contributed by atoms with Gasteiger partial charge in [0.25, 0.3) is 0 Å². The van der Waals surface area contributed by atoms with Crippen molar-refractivity contribution in [3.63, 3.8) is 0 Å². The standard InChI is InChI=1S/C18H10F16O4/c19-11(20)15(27,28)17(31,32)13(23,24)5-37-9(35)7-2-1-3-8(4-7)10(36)38-6-14(25,26)18(33,34)16(29,30)12(21)22/h1-4,11-12H,5-6H2. The zero-order chi connectivity index (χ0) is 30.1. The van der Waals surface area contributed by atoms with Crippen LogP contribution in [0.15, 0.2) is 24.3 Å². The maximum atomic E-state index is 13.4. The van der Waals surface area contributed by atoms with Crippen LogP contribution in [0, 0.1) is 0 Å². The Morgan fingerprint density at radius 1 is 0.605 bits per heavy atom. The number of hydrogen-bond acceptors (Lipinski definition) is 4. The van der Waals surface area contributed by atoms with Crippen LogP contribution in [0.3, 0.4) is 0 Å². The fraction of sp³-hybridized carbons (Fsp3) is 0.556. The molecule has 0 aliphatic rings. The minimum atomic E-state index is -6.74. The summed E-state index contributed by atoms with van der Waals surface area (Å²) >= 11 is 0. The fourth-order valence-electron chi connectivity index (χ4n) is 2.20. The van der Waals surface area contributed by atoms with Crippen LogP contribution in [0.4, 0.5) is 70.2 Å². The SMILES string of the molecule is O=C(OCC(F)(F)C(F)(F)C(F)(F)C(F)F)c1cccc(C(=O)OCC(F)(F)C(F)(F)C(F)(F)C(F)F)c1. The third-order valence-electron chi connectivity index (χ3n) is 4.41. The Bertz CT molecular complexity index is 933. The van der Waals surface area contributed by atoms with E-state index in [-0.39, 0.29) is 6.07 Å². The molecule has 0 amide bonds. The number of esters is 2. The van der Waals surface area contributed by atoms with Gasteiger partial charge in [0.15, 0.2) is 13.2 Å². The molecule has 0 radical (unpaired) electrons. The normalized spacial score (nSPS) is 14.2. The summed E-state index contributed by atoms with van der Waals surface area (Å²) in [7, 11) is 0. The van der Waals surface area contributed by atoms with Gasteiger partial charge in [0.2, 0.25) is 0 Å². The van der Waals surface area contributed by atoms with Crippen LogP contribution in [0.5, 0.6) is 0 Å².